The molecule has 6 rings (SSSR count). The fourth-order valence-corrected chi connectivity index (χ4v) is 5.48. The van der Waals surface area contributed by atoms with Crippen molar-refractivity contribution in [2.45, 2.75) is 25.2 Å². The molecule has 4 heterocycles. The van der Waals surface area contributed by atoms with Crippen LogP contribution in [0.2, 0.25) is 5.02 Å². The molecule has 1 aliphatic carbocycles. The first-order valence-corrected chi connectivity index (χ1v) is 13.2. The number of halogens is 2. The van der Waals surface area contributed by atoms with Crippen molar-refractivity contribution in [1.29, 1.82) is 0 Å². The van der Waals surface area contributed by atoms with Gasteiger partial charge < -0.3 is 9.72 Å². The minimum absolute atomic E-state index is 0.0625. The van der Waals surface area contributed by atoms with Crippen LogP contribution in [0.3, 0.4) is 0 Å². The minimum atomic E-state index is -0.697. The Morgan fingerprint density at radius 3 is 2.82 bits per heavy atom. The Labute approximate surface area is 225 Å². The van der Waals surface area contributed by atoms with E-state index >= 15 is 0 Å². The summed E-state index contributed by atoms with van der Waals surface area (Å²) in [6.45, 7) is 0. The van der Waals surface area contributed by atoms with E-state index in [-0.39, 0.29) is 10.8 Å². The van der Waals surface area contributed by atoms with Crippen LogP contribution in [0.15, 0.2) is 54.4 Å². The third-order valence-electron chi connectivity index (χ3n) is 6.59. The lowest BCUT2D eigenvalue weighted by atomic mass is 9.96. The highest BCUT2D eigenvalue weighted by molar-refractivity contribution is 7.12. The van der Waals surface area contributed by atoms with E-state index in [2.05, 4.69) is 30.2 Å². The van der Waals surface area contributed by atoms with Gasteiger partial charge in [-0.15, -0.1) is 16.4 Å². The van der Waals surface area contributed by atoms with Crippen LogP contribution in [0.25, 0.3) is 28.1 Å². The molecule has 1 fully saturated rings. The molecule has 1 saturated carbocycles. The Morgan fingerprint density at radius 1 is 1.24 bits per heavy atom. The lowest BCUT2D eigenvalue weighted by Gasteiger charge is -2.15. The van der Waals surface area contributed by atoms with Crippen molar-refractivity contribution in [3.8, 4) is 28.1 Å². The molecule has 0 amide bonds. The number of thiophene rings is 1. The summed E-state index contributed by atoms with van der Waals surface area (Å²) in [7, 11) is 1.23. The third-order valence-corrected chi connectivity index (χ3v) is 7.76. The number of hydrogen-bond donors (Lipinski definition) is 1. The van der Waals surface area contributed by atoms with E-state index in [9.17, 15) is 9.18 Å². The van der Waals surface area contributed by atoms with Crippen molar-refractivity contribution < 1.29 is 13.9 Å². The SMILES string of the molecule is COC(=O)c1scc(-c2cnc(C(CC3CC3)c3ccc(-c4cc(Cl)ccc4-n4cnnn4)cn3)[nH]2)c1F. The van der Waals surface area contributed by atoms with Gasteiger partial charge in [-0.05, 0) is 47.0 Å². The molecule has 1 aliphatic rings. The van der Waals surface area contributed by atoms with Gasteiger partial charge in [0.1, 0.15) is 17.0 Å². The van der Waals surface area contributed by atoms with Crippen molar-refractivity contribution in [2.75, 3.05) is 7.11 Å². The molecule has 4 aromatic heterocycles. The van der Waals surface area contributed by atoms with E-state index in [1.807, 2.05) is 24.3 Å². The van der Waals surface area contributed by atoms with Crippen LogP contribution in [-0.4, -0.2) is 48.2 Å². The smallest absolute Gasteiger partial charge is 0.351 e. The number of imidazole rings is 1. The number of nitrogens with one attached hydrogen (secondary N) is 1. The van der Waals surface area contributed by atoms with E-state index < -0.39 is 11.8 Å². The second kappa shape index (κ2) is 10.1. The normalized spacial score (nSPS) is 14.0. The minimum Gasteiger partial charge on any atom is -0.465 e. The zero-order chi connectivity index (χ0) is 26.2. The predicted molar refractivity (Wildman–Crippen MR) is 140 cm³/mol. The second-order valence-corrected chi connectivity index (χ2v) is 10.4. The first-order valence-electron chi connectivity index (χ1n) is 11.9. The molecule has 1 N–H and O–H groups in total. The van der Waals surface area contributed by atoms with Crippen LogP contribution in [0.4, 0.5) is 4.39 Å². The van der Waals surface area contributed by atoms with Gasteiger partial charge in [0.2, 0.25) is 0 Å². The van der Waals surface area contributed by atoms with Crippen molar-refractivity contribution in [3.05, 3.63) is 81.7 Å². The highest BCUT2D eigenvalue weighted by atomic mass is 35.5. The number of aromatic amines is 1. The molecule has 0 spiro atoms. The molecule has 9 nitrogen and oxygen atoms in total. The van der Waals surface area contributed by atoms with Gasteiger partial charge in [-0.3, -0.25) is 4.98 Å². The number of nitrogens with zero attached hydrogens (tertiary/aromatic N) is 6. The summed E-state index contributed by atoms with van der Waals surface area (Å²) < 4.78 is 21.2. The Morgan fingerprint density at radius 2 is 2.11 bits per heavy atom. The summed E-state index contributed by atoms with van der Waals surface area (Å²) in [5.74, 6) is -0.103. The van der Waals surface area contributed by atoms with Crippen LogP contribution in [0.5, 0.6) is 0 Å². The number of benzene rings is 1. The van der Waals surface area contributed by atoms with Gasteiger partial charge in [0, 0.05) is 33.3 Å². The number of ether oxygens (including phenoxy) is 1. The lowest BCUT2D eigenvalue weighted by molar-refractivity contribution is 0.0601. The van der Waals surface area contributed by atoms with Gasteiger partial charge >= 0.3 is 5.97 Å². The van der Waals surface area contributed by atoms with Crippen LogP contribution in [0.1, 0.15) is 46.4 Å². The van der Waals surface area contributed by atoms with Gasteiger partial charge in [-0.1, -0.05) is 30.5 Å². The maximum Gasteiger partial charge on any atom is 0.351 e. The summed E-state index contributed by atoms with van der Waals surface area (Å²) in [6.07, 6.45) is 8.15. The summed E-state index contributed by atoms with van der Waals surface area (Å²) in [4.78, 5) is 24.4. The second-order valence-electron chi connectivity index (χ2n) is 9.09. The van der Waals surface area contributed by atoms with Crippen molar-refractivity contribution in [3.63, 3.8) is 0 Å². The monoisotopic (exact) mass is 549 g/mol. The first kappa shape index (κ1) is 24.4. The van der Waals surface area contributed by atoms with E-state index in [4.69, 9.17) is 16.6 Å². The van der Waals surface area contributed by atoms with Crippen LogP contribution in [-0.2, 0) is 4.74 Å². The molecule has 38 heavy (non-hydrogen) atoms. The fourth-order valence-electron chi connectivity index (χ4n) is 4.45. The zero-order valence-electron chi connectivity index (χ0n) is 20.1. The number of carbonyl (C=O) groups is 1. The third kappa shape index (κ3) is 4.70. The quantitative estimate of drug-likeness (QED) is 0.248. The van der Waals surface area contributed by atoms with Crippen LogP contribution >= 0.6 is 22.9 Å². The number of esters is 1. The molecular formula is C26H21ClFN7O2S. The summed E-state index contributed by atoms with van der Waals surface area (Å²) in [6, 6.07) is 9.47. The number of aromatic nitrogens is 7. The summed E-state index contributed by atoms with van der Waals surface area (Å²) in [5.41, 5.74) is 4.14. The number of methoxy groups -OCH3 is 1. The van der Waals surface area contributed by atoms with E-state index in [0.717, 1.165) is 40.3 Å². The summed E-state index contributed by atoms with van der Waals surface area (Å²) >= 11 is 7.31. The van der Waals surface area contributed by atoms with E-state index in [0.29, 0.717) is 28.0 Å². The van der Waals surface area contributed by atoms with Crippen LogP contribution in [0, 0.1) is 11.7 Å². The molecule has 1 unspecified atom stereocenters. The Kier molecular flexibility index (Phi) is 6.46. The van der Waals surface area contributed by atoms with E-state index in [1.54, 1.807) is 28.5 Å². The van der Waals surface area contributed by atoms with Gasteiger partial charge in [0.25, 0.3) is 0 Å². The Bertz CT molecular complexity index is 1600. The van der Waals surface area contributed by atoms with Gasteiger partial charge in [-0.2, -0.15) is 4.68 Å². The number of rotatable bonds is 8. The number of tetrazole rings is 1. The largest absolute Gasteiger partial charge is 0.465 e. The fraction of sp³-hybridized carbons (Fsp3) is 0.231. The number of carbonyl (C=O) groups excluding carboxylic acids is 1. The molecule has 0 saturated heterocycles. The molecule has 0 bridgehead atoms. The molecule has 12 heteroatoms. The summed E-state index contributed by atoms with van der Waals surface area (Å²) in [5, 5.41) is 13.6. The standard InChI is InChI=1S/C26H21ClFN7O2S/c1-37-26(36)24-23(28)19(12-38-24)21-11-30-25(32-21)18(8-14-2-3-14)20-6-4-15(10-29-20)17-9-16(27)5-7-22(17)35-13-31-33-34-35/h4-7,9-14,18H,2-3,8H2,1H3,(H,30,32). The lowest BCUT2D eigenvalue weighted by Crippen LogP contribution is -2.07. The van der Waals surface area contributed by atoms with Gasteiger partial charge in [0.15, 0.2) is 5.82 Å². The molecule has 5 aromatic rings. The first-order chi connectivity index (χ1) is 18.5. The number of hydrogen-bond acceptors (Lipinski definition) is 8. The number of H-pyrrole nitrogens is 1. The highest BCUT2D eigenvalue weighted by Gasteiger charge is 2.30. The van der Waals surface area contributed by atoms with Crippen LogP contribution < -0.4 is 0 Å². The number of pyridine rings is 1. The Hall–Kier alpha value is -3.96. The molecule has 0 radical (unpaired) electrons. The molecule has 192 valence electrons. The van der Waals surface area contributed by atoms with Crippen molar-refractivity contribution >= 4 is 28.9 Å². The molecule has 0 aliphatic heterocycles. The van der Waals surface area contributed by atoms with Gasteiger partial charge in [-0.25, -0.2) is 14.2 Å². The van der Waals surface area contributed by atoms with Crippen molar-refractivity contribution in [2.24, 2.45) is 5.92 Å². The average Bonchev–Trinajstić information content (AvgIpc) is 3.29. The Balaban J connectivity index is 1.32. The molecule has 1 aromatic carbocycles. The maximum absolute atomic E-state index is 14.9. The van der Waals surface area contributed by atoms with Gasteiger partial charge in [0.05, 0.1) is 36.3 Å². The average molecular weight is 550 g/mol. The highest BCUT2D eigenvalue weighted by Crippen LogP contribution is 2.41. The molecular weight excluding hydrogens is 529 g/mol. The predicted octanol–water partition coefficient (Wildman–Crippen LogP) is 5.69. The zero-order valence-corrected chi connectivity index (χ0v) is 21.7. The topological polar surface area (TPSA) is 111 Å². The van der Waals surface area contributed by atoms with E-state index in [1.165, 1.54) is 26.3 Å². The van der Waals surface area contributed by atoms with Crippen molar-refractivity contribution in [1.82, 2.24) is 35.2 Å². The maximum atomic E-state index is 14.9. The molecule has 1 atom stereocenters.